The molecule has 0 aliphatic heterocycles. The molecular weight excluding hydrogens is 369 g/mol. The first-order valence-electron chi connectivity index (χ1n) is 7.87. The molecule has 136 valence electrons. The monoisotopic (exact) mass is 383 g/mol. The van der Waals surface area contributed by atoms with E-state index < -0.39 is 5.82 Å². The zero-order chi connectivity index (χ0) is 19.6. The Hall–Kier alpha value is -3.30. The van der Waals surface area contributed by atoms with Gasteiger partial charge in [0.2, 0.25) is 0 Å². The summed E-state index contributed by atoms with van der Waals surface area (Å²) in [5, 5.41) is 9.67. The molecule has 27 heavy (non-hydrogen) atoms. The second-order valence-electron chi connectivity index (χ2n) is 5.59. The highest BCUT2D eigenvalue weighted by Gasteiger charge is 2.20. The number of nitrogens with zero attached hydrogens (tertiary/aromatic N) is 2. The molecule has 0 radical (unpaired) electrons. The van der Waals surface area contributed by atoms with Crippen molar-refractivity contribution in [2.75, 3.05) is 20.0 Å². The third kappa shape index (κ3) is 3.37. The number of nitriles is 1. The number of rotatable bonds is 4. The van der Waals surface area contributed by atoms with Gasteiger partial charge in [-0.3, -0.25) is 0 Å². The number of pyridine rings is 1. The fraction of sp³-hybridized carbons (Fsp3) is 0.100. The number of hydrogen-bond donors (Lipinski definition) is 1. The lowest BCUT2D eigenvalue weighted by Crippen LogP contribution is -2.02. The van der Waals surface area contributed by atoms with Crippen LogP contribution in [0.2, 0.25) is 5.02 Å². The van der Waals surface area contributed by atoms with E-state index in [0.717, 1.165) is 0 Å². The van der Waals surface area contributed by atoms with Gasteiger partial charge in [0.25, 0.3) is 0 Å². The Morgan fingerprint density at radius 1 is 1.11 bits per heavy atom. The number of anilines is 1. The molecule has 0 amide bonds. The minimum Gasteiger partial charge on any atom is -0.497 e. The SMILES string of the molecule is COc1ccc(OC)c(-c2cc(-c3c(F)cccc3Cl)c(C#N)c(N)n2)c1. The molecule has 7 heteroatoms. The molecule has 2 aromatic carbocycles. The summed E-state index contributed by atoms with van der Waals surface area (Å²) < 4.78 is 25.1. The van der Waals surface area contributed by atoms with E-state index in [0.29, 0.717) is 22.8 Å². The number of halogens is 2. The van der Waals surface area contributed by atoms with Crippen LogP contribution in [-0.4, -0.2) is 19.2 Å². The topological polar surface area (TPSA) is 81.2 Å². The molecule has 0 aliphatic rings. The second-order valence-corrected chi connectivity index (χ2v) is 6.00. The van der Waals surface area contributed by atoms with Crippen LogP contribution in [0.25, 0.3) is 22.4 Å². The van der Waals surface area contributed by atoms with E-state index in [-0.39, 0.29) is 27.5 Å². The summed E-state index contributed by atoms with van der Waals surface area (Å²) in [6, 6.07) is 13.0. The van der Waals surface area contributed by atoms with E-state index in [2.05, 4.69) is 4.98 Å². The lowest BCUT2D eigenvalue weighted by Gasteiger charge is -2.14. The van der Waals surface area contributed by atoms with Crippen molar-refractivity contribution in [3.63, 3.8) is 0 Å². The third-order valence-corrected chi connectivity index (χ3v) is 4.39. The van der Waals surface area contributed by atoms with Crippen molar-refractivity contribution in [2.45, 2.75) is 0 Å². The van der Waals surface area contributed by atoms with Crippen LogP contribution >= 0.6 is 11.6 Å². The summed E-state index contributed by atoms with van der Waals surface area (Å²) in [6.45, 7) is 0. The highest BCUT2D eigenvalue weighted by atomic mass is 35.5. The summed E-state index contributed by atoms with van der Waals surface area (Å²) in [5.41, 5.74) is 7.38. The maximum Gasteiger partial charge on any atom is 0.142 e. The van der Waals surface area contributed by atoms with Crippen LogP contribution in [0.15, 0.2) is 42.5 Å². The quantitative estimate of drug-likeness (QED) is 0.707. The van der Waals surface area contributed by atoms with E-state index in [1.165, 1.54) is 26.4 Å². The minimum atomic E-state index is -0.562. The fourth-order valence-corrected chi connectivity index (χ4v) is 3.05. The van der Waals surface area contributed by atoms with Crippen LogP contribution in [0.3, 0.4) is 0 Å². The molecule has 0 unspecified atom stereocenters. The highest BCUT2D eigenvalue weighted by Crippen LogP contribution is 2.39. The van der Waals surface area contributed by atoms with Crippen LogP contribution in [0.4, 0.5) is 10.2 Å². The Bertz CT molecular complexity index is 1040. The van der Waals surface area contributed by atoms with Crippen LogP contribution in [0, 0.1) is 17.1 Å². The molecule has 0 spiro atoms. The Morgan fingerprint density at radius 2 is 1.89 bits per heavy atom. The molecule has 2 N–H and O–H groups in total. The maximum absolute atomic E-state index is 14.5. The van der Waals surface area contributed by atoms with E-state index in [9.17, 15) is 9.65 Å². The fourth-order valence-electron chi connectivity index (χ4n) is 2.79. The van der Waals surface area contributed by atoms with Gasteiger partial charge in [0.15, 0.2) is 0 Å². The molecule has 3 rings (SSSR count). The van der Waals surface area contributed by atoms with Crippen molar-refractivity contribution in [3.05, 3.63) is 58.9 Å². The van der Waals surface area contributed by atoms with Crippen molar-refractivity contribution in [1.82, 2.24) is 4.98 Å². The second kappa shape index (κ2) is 7.52. The van der Waals surface area contributed by atoms with Crippen molar-refractivity contribution >= 4 is 17.4 Å². The van der Waals surface area contributed by atoms with E-state index in [1.54, 1.807) is 30.3 Å². The van der Waals surface area contributed by atoms with Gasteiger partial charge in [0.05, 0.1) is 24.9 Å². The number of nitrogen functional groups attached to an aromatic ring is 1. The summed E-state index contributed by atoms with van der Waals surface area (Å²) in [7, 11) is 3.06. The van der Waals surface area contributed by atoms with E-state index in [4.69, 9.17) is 26.8 Å². The Morgan fingerprint density at radius 3 is 2.52 bits per heavy atom. The number of ether oxygens (including phenoxy) is 2. The maximum atomic E-state index is 14.5. The molecule has 5 nitrogen and oxygen atoms in total. The first-order chi connectivity index (χ1) is 13.0. The van der Waals surface area contributed by atoms with Gasteiger partial charge in [-0.25, -0.2) is 9.37 Å². The number of nitrogens with two attached hydrogens (primary N) is 1. The van der Waals surface area contributed by atoms with Crippen LogP contribution < -0.4 is 15.2 Å². The van der Waals surface area contributed by atoms with Crippen LogP contribution in [0.5, 0.6) is 11.5 Å². The van der Waals surface area contributed by atoms with Gasteiger partial charge in [-0.15, -0.1) is 0 Å². The van der Waals surface area contributed by atoms with Gasteiger partial charge >= 0.3 is 0 Å². The normalized spacial score (nSPS) is 10.3. The zero-order valence-electron chi connectivity index (χ0n) is 14.6. The molecule has 3 aromatic rings. The number of methoxy groups -OCH3 is 2. The zero-order valence-corrected chi connectivity index (χ0v) is 15.3. The predicted octanol–water partition coefficient (Wildman–Crippen LogP) is 4.68. The average molecular weight is 384 g/mol. The summed E-state index contributed by atoms with van der Waals surface area (Å²) in [4.78, 5) is 4.30. The molecule has 1 aromatic heterocycles. The Labute approximate surface area is 160 Å². The van der Waals surface area contributed by atoms with Gasteiger partial charge in [-0.1, -0.05) is 17.7 Å². The van der Waals surface area contributed by atoms with Crippen molar-refractivity contribution in [3.8, 4) is 40.0 Å². The molecule has 0 saturated carbocycles. The predicted molar refractivity (Wildman–Crippen MR) is 102 cm³/mol. The highest BCUT2D eigenvalue weighted by molar-refractivity contribution is 6.33. The largest absolute Gasteiger partial charge is 0.497 e. The molecule has 0 aliphatic carbocycles. The minimum absolute atomic E-state index is 0.0332. The molecule has 0 fully saturated rings. The smallest absolute Gasteiger partial charge is 0.142 e. The van der Waals surface area contributed by atoms with Crippen molar-refractivity contribution in [1.29, 1.82) is 5.26 Å². The summed E-state index contributed by atoms with van der Waals surface area (Å²) in [5.74, 6) is 0.515. The molecule has 0 atom stereocenters. The Balaban J connectivity index is 2.33. The average Bonchev–Trinajstić information content (AvgIpc) is 2.67. The van der Waals surface area contributed by atoms with Gasteiger partial charge in [-0.05, 0) is 36.4 Å². The first-order valence-corrected chi connectivity index (χ1v) is 8.25. The lowest BCUT2D eigenvalue weighted by molar-refractivity contribution is 0.404. The van der Waals surface area contributed by atoms with Crippen LogP contribution in [0.1, 0.15) is 5.56 Å². The molecular formula is C20H15ClFN3O2. The van der Waals surface area contributed by atoms with E-state index in [1.807, 2.05) is 6.07 Å². The van der Waals surface area contributed by atoms with Gasteiger partial charge in [-0.2, -0.15) is 5.26 Å². The van der Waals surface area contributed by atoms with Crippen LogP contribution in [-0.2, 0) is 0 Å². The number of hydrogen-bond acceptors (Lipinski definition) is 5. The van der Waals surface area contributed by atoms with Gasteiger partial charge in [0.1, 0.15) is 34.8 Å². The standard InChI is InChI=1S/C20H15ClFN3O2/c1-26-11-6-7-18(27-2)13(8-11)17-9-12(14(10-23)20(24)25-17)19-15(21)4-3-5-16(19)22/h3-9H,1-2H3,(H2,24,25). The van der Waals surface area contributed by atoms with Gasteiger partial charge < -0.3 is 15.2 Å². The number of aromatic nitrogens is 1. The van der Waals surface area contributed by atoms with E-state index >= 15 is 0 Å². The first kappa shape index (κ1) is 18.5. The Kier molecular flexibility index (Phi) is 5.15. The third-order valence-electron chi connectivity index (χ3n) is 4.07. The van der Waals surface area contributed by atoms with Gasteiger partial charge in [0, 0.05) is 16.7 Å². The molecule has 1 heterocycles. The molecule has 0 saturated heterocycles. The lowest BCUT2D eigenvalue weighted by atomic mass is 9.97. The summed E-state index contributed by atoms with van der Waals surface area (Å²) in [6.07, 6.45) is 0. The van der Waals surface area contributed by atoms with Crippen molar-refractivity contribution < 1.29 is 13.9 Å². The van der Waals surface area contributed by atoms with Crippen molar-refractivity contribution in [2.24, 2.45) is 0 Å². The summed E-state index contributed by atoms with van der Waals surface area (Å²) >= 11 is 6.19. The number of benzene rings is 2. The molecule has 0 bridgehead atoms.